The third-order valence-electron chi connectivity index (χ3n) is 4.59. The monoisotopic (exact) mass is 343 g/mol. The first-order valence-electron chi connectivity index (χ1n) is 8.70. The molecule has 1 aliphatic rings. The van der Waals surface area contributed by atoms with Crippen LogP contribution in [0.2, 0.25) is 0 Å². The molecule has 6 heteroatoms. The molecule has 1 amide bonds. The Morgan fingerprint density at radius 1 is 1.48 bits per heavy atom. The second-order valence-electron chi connectivity index (χ2n) is 6.31. The van der Waals surface area contributed by atoms with Gasteiger partial charge in [0.25, 0.3) is 0 Å². The van der Waals surface area contributed by atoms with E-state index in [4.69, 9.17) is 9.47 Å². The first-order chi connectivity index (χ1) is 12.2. The normalized spacial score (nSPS) is 18.1. The number of benzene rings is 1. The number of aryl methyl sites for hydroxylation is 1. The molecule has 1 aromatic heterocycles. The molecule has 0 bridgehead atoms. The third kappa shape index (κ3) is 4.20. The number of hydrogen-bond donors (Lipinski definition) is 1. The van der Waals surface area contributed by atoms with Gasteiger partial charge in [0.2, 0.25) is 5.91 Å². The van der Waals surface area contributed by atoms with Crippen molar-refractivity contribution in [3.63, 3.8) is 0 Å². The van der Waals surface area contributed by atoms with E-state index in [1.54, 1.807) is 13.3 Å². The SMILES string of the molecule is COc1ccccc1[C@@H](NC(=O)CC[C@H]1CCCO1)c1nccn1C. The van der Waals surface area contributed by atoms with Crippen LogP contribution in [-0.4, -0.2) is 35.3 Å². The lowest BCUT2D eigenvalue weighted by atomic mass is 10.0. The van der Waals surface area contributed by atoms with Gasteiger partial charge >= 0.3 is 0 Å². The Hall–Kier alpha value is -2.34. The fraction of sp³-hybridized carbons (Fsp3) is 0.474. The van der Waals surface area contributed by atoms with Crippen LogP contribution in [0.1, 0.15) is 43.1 Å². The summed E-state index contributed by atoms with van der Waals surface area (Å²) in [6.07, 6.45) is 7.15. The van der Waals surface area contributed by atoms with Crippen LogP contribution in [0.25, 0.3) is 0 Å². The van der Waals surface area contributed by atoms with E-state index in [1.165, 1.54) is 0 Å². The Labute approximate surface area is 148 Å². The lowest BCUT2D eigenvalue weighted by Gasteiger charge is -2.21. The number of nitrogens with one attached hydrogen (secondary N) is 1. The van der Waals surface area contributed by atoms with E-state index < -0.39 is 0 Å². The van der Waals surface area contributed by atoms with Crippen molar-refractivity contribution in [1.29, 1.82) is 0 Å². The molecule has 2 atom stereocenters. The Kier molecular flexibility index (Phi) is 5.71. The standard InChI is InChI=1S/C19H25N3O3/c1-22-12-11-20-19(22)18(15-7-3-4-8-16(15)24-2)21-17(23)10-9-14-6-5-13-25-14/h3-4,7-8,11-12,14,18H,5-6,9-10,13H2,1-2H3,(H,21,23)/t14-,18-/m1/s1. The van der Waals surface area contributed by atoms with Crippen molar-refractivity contribution in [2.45, 2.75) is 37.8 Å². The van der Waals surface area contributed by atoms with Gasteiger partial charge in [0.1, 0.15) is 17.6 Å². The molecule has 6 nitrogen and oxygen atoms in total. The summed E-state index contributed by atoms with van der Waals surface area (Å²) in [5.41, 5.74) is 0.893. The average Bonchev–Trinajstić information content (AvgIpc) is 3.29. The molecule has 25 heavy (non-hydrogen) atoms. The number of aromatic nitrogens is 2. The predicted molar refractivity (Wildman–Crippen MR) is 94.4 cm³/mol. The predicted octanol–water partition coefficient (Wildman–Crippen LogP) is 2.59. The number of hydrogen-bond acceptors (Lipinski definition) is 4. The van der Waals surface area contributed by atoms with E-state index in [0.717, 1.165) is 43.0 Å². The van der Waals surface area contributed by atoms with Crippen LogP contribution < -0.4 is 10.1 Å². The molecule has 0 spiro atoms. The number of carbonyl (C=O) groups is 1. The molecule has 2 heterocycles. The summed E-state index contributed by atoms with van der Waals surface area (Å²) in [5, 5.41) is 3.12. The van der Waals surface area contributed by atoms with Gasteiger partial charge in [-0.15, -0.1) is 0 Å². The van der Waals surface area contributed by atoms with Crippen LogP contribution in [0, 0.1) is 0 Å². The first-order valence-corrected chi connectivity index (χ1v) is 8.70. The van der Waals surface area contributed by atoms with Gasteiger partial charge in [-0.3, -0.25) is 4.79 Å². The zero-order chi connectivity index (χ0) is 17.6. The molecule has 1 N–H and O–H groups in total. The van der Waals surface area contributed by atoms with Gasteiger partial charge in [-0.2, -0.15) is 0 Å². The van der Waals surface area contributed by atoms with Gasteiger partial charge in [0.15, 0.2) is 0 Å². The maximum atomic E-state index is 12.5. The number of nitrogens with zero attached hydrogens (tertiary/aromatic N) is 2. The molecular formula is C19H25N3O3. The lowest BCUT2D eigenvalue weighted by molar-refractivity contribution is -0.122. The summed E-state index contributed by atoms with van der Waals surface area (Å²) in [7, 11) is 3.55. The quantitative estimate of drug-likeness (QED) is 0.839. The molecule has 0 aliphatic carbocycles. The molecule has 1 aliphatic heterocycles. The van der Waals surface area contributed by atoms with Crippen LogP contribution in [0.15, 0.2) is 36.7 Å². The molecule has 2 aromatic rings. The molecule has 0 radical (unpaired) electrons. The maximum absolute atomic E-state index is 12.5. The Morgan fingerprint density at radius 2 is 2.32 bits per heavy atom. The Morgan fingerprint density at radius 3 is 3.00 bits per heavy atom. The minimum absolute atomic E-state index is 0.00518. The highest BCUT2D eigenvalue weighted by atomic mass is 16.5. The zero-order valence-electron chi connectivity index (χ0n) is 14.8. The van der Waals surface area contributed by atoms with E-state index >= 15 is 0 Å². The van der Waals surface area contributed by atoms with Crippen molar-refractivity contribution in [3.8, 4) is 5.75 Å². The molecule has 1 fully saturated rings. The molecule has 1 saturated heterocycles. The van der Waals surface area contributed by atoms with Crippen molar-refractivity contribution in [1.82, 2.24) is 14.9 Å². The van der Waals surface area contributed by atoms with E-state index in [1.807, 2.05) is 42.1 Å². The number of carbonyl (C=O) groups excluding carboxylic acids is 1. The van der Waals surface area contributed by atoms with Gasteiger partial charge in [0.05, 0.1) is 13.2 Å². The summed E-state index contributed by atoms with van der Waals surface area (Å²) >= 11 is 0. The van der Waals surface area contributed by atoms with Gasteiger partial charge in [-0.05, 0) is 25.3 Å². The number of para-hydroxylation sites is 1. The molecule has 1 aromatic carbocycles. The van der Waals surface area contributed by atoms with Gasteiger partial charge in [0, 0.05) is 38.0 Å². The average molecular weight is 343 g/mol. The fourth-order valence-corrected chi connectivity index (χ4v) is 3.24. The number of methoxy groups -OCH3 is 1. The summed E-state index contributed by atoms with van der Waals surface area (Å²) in [5.74, 6) is 1.50. The number of amides is 1. The molecule has 134 valence electrons. The van der Waals surface area contributed by atoms with Crippen molar-refractivity contribution in [3.05, 3.63) is 48.0 Å². The summed E-state index contributed by atoms with van der Waals surface area (Å²) in [4.78, 5) is 17.0. The van der Waals surface area contributed by atoms with Gasteiger partial charge in [-0.25, -0.2) is 4.98 Å². The van der Waals surface area contributed by atoms with Crippen molar-refractivity contribution < 1.29 is 14.3 Å². The van der Waals surface area contributed by atoms with E-state index in [9.17, 15) is 4.79 Å². The smallest absolute Gasteiger partial charge is 0.220 e. The van der Waals surface area contributed by atoms with E-state index in [0.29, 0.717) is 6.42 Å². The minimum atomic E-state index is -0.354. The van der Waals surface area contributed by atoms with Gasteiger partial charge in [-0.1, -0.05) is 18.2 Å². The van der Waals surface area contributed by atoms with Crippen LogP contribution in [0.3, 0.4) is 0 Å². The summed E-state index contributed by atoms with van der Waals surface area (Å²) in [6, 6.07) is 7.35. The van der Waals surface area contributed by atoms with Gasteiger partial charge < -0.3 is 19.4 Å². The third-order valence-corrected chi connectivity index (χ3v) is 4.59. The highest BCUT2D eigenvalue weighted by Crippen LogP contribution is 2.29. The summed E-state index contributed by atoms with van der Waals surface area (Å²) in [6.45, 7) is 0.809. The maximum Gasteiger partial charge on any atom is 0.220 e. The molecule has 0 saturated carbocycles. The van der Waals surface area contributed by atoms with Crippen molar-refractivity contribution >= 4 is 5.91 Å². The number of ether oxygens (including phenoxy) is 2. The number of imidazole rings is 1. The topological polar surface area (TPSA) is 65.4 Å². The Balaban J connectivity index is 1.77. The van der Waals surface area contributed by atoms with Crippen LogP contribution in [-0.2, 0) is 16.6 Å². The lowest BCUT2D eigenvalue weighted by Crippen LogP contribution is -2.31. The Bertz CT molecular complexity index is 707. The van der Waals surface area contributed by atoms with Crippen molar-refractivity contribution in [2.24, 2.45) is 7.05 Å². The second-order valence-corrected chi connectivity index (χ2v) is 6.31. The highest BCUT2D eigenvalue weighted by Gasteiger charge is 2.24. The molecule has 0 unspecified atom stereocenters. The van der Waals surface area contributed by atoms with E-state index in [2.05, 4.69) is 10.3 Å². The summed E-state index contributed by atoms with van der Waals surface area (Å²) < 4.78 is 13.0. The molecule has 3 rings (SSSR count). The molecular weight excluding hydrogens is 318 g/mol. The van der Waals surface area contributed by atoms with E-state index in [-0.39, 0.29) is 18.1 Å². The van der Waals surface area contributed by atoms with Crippen LogP contribution in [0.5, 0.6) is 5.75 Å². The fourth-order valence-electron chi connectivity index (χ4n) is 3.24. The highest BCUT2D eigenvalue weighted by molar-refractivity contribution is 5.77. The van der Waals surface area contributed by atoms with Crippen LogP contribution >= 0.6 is 0 Å². The number of rotatable bonds is 7. The zero-order valence-corrected chi connectivity index (χ0v) is 14.8. The van der Waals surface area contributed by atoms with Crippen molar-refractivity contribution in [2.75, 3.05) is 13.7 Å². The minimum Gasteiger partial charge on any atom is -0.496 e. The second kappa shape index (κ2) is 8.16. The van der Waals surface area contributed by atoms with Crippen LogP contribution in [0.4, 0.5) is 0 Å². The first kappa shape index (κ1) is 17.5. The largest absolute Gasteiger partial charge is 0.496 e.